The van der Waals surface area contributed by atoms with E-state index < -0.39 is 0 Å². The van der Waals surface area contributed by atoms with Gasteiger partial charge >= 0.3 is 0 Å². The van der Waals surface area contributed by atoms with Gasteiger partial charge < -0.3 is 10.8 Å². The van der Waals surface area contributed by atoms with Crippen LogP contribution < -0.4 is 5.73 Å². The molecule has 0 saturated carbocycles. The number of hydrogen-bond donors (Lipinski definition) is 2. The number of phenols is 1. The van der Waals surface area contributed by atoms with Gasteiger partial charge in [-0.15, -0.1) is 0 Å². The van der Waals surface area contributed by atoms with E-state index in [-0.39, 0.29) is 11.8 Å². The fourth-order valence-electron chi connectivity index (χ4n) is 1.67. The lowest BCUT2D eigenvalue weighted by molar-refractivity contribution is 0.474. The van der Waals surface area contributed by atoms with Gasteiger partial charge in [-0.2, -0.15) is 0 Å². The normalized spacial score (nSPS) is 12.3. The number of hydrogen-bond acceptors (Lipinski definition) is 3. The van der Waals surface area contributed by atoms with Gasteiger partial charge in [0.25, 0.3) is 0 Å². The highest BCUT2D eigenvalue weighted by Crippen LogP contribution is 2.18. The summed E-state index contributed by atoms with van der Waals surface area (Å²) in [7, 11) is 0. The Labute approximate surface area is 94.6 Å². The first-order valence-corrected chi connectivity index (χ1v) is 5.19. The van der Waals surface area contributed by atoms with Gasteiger partial charge in [0, 0.05) is 18.4 Å². The number of nitrogens with two attached hydrogens (primary N) is 1. The van der Waals surface area contributed by atoms with Crippen molar-refractivity contribution in [1.82, 2.24) is 4.98 Å². The molecule has 0 aliphatic rings. The zero-order valence-corrected chi connectivity index (χ0v) is 8.88. The smallest absolute Gasteiger partial charge is 0.115 e. The van der Waals surface area contributed by atoms with Crippen LogP contribution in [0.1, 0.15) is 17.2 Å². The molecule has 1 atom stereocenters. The number of phenolic OH excluding ortho intramolecular Hbond substituents is 1. The summed E-state index contributed by atoms with van der Waals surface area (Å²) in [6.45, 7) is 0. The van der Waals surface area contributed by atoms with Crippen LogP contribution in [0, 0.1) is 0 Å². The lowest BCUT2D eigenvalue weighted by Crippen LogP contribution is -2.13. The largest absolute Gasteiger partial charge is 0.508 e. The van der Waals surface area contributed by atoms with Gasteiger partial charge in [0.1, 0.15) is 5.75 Å². The van der Waals surface area contributed by atoms with E-state index in [0.29, 0.717) is 6.42 Å². The molecular formula is C13H14N2O. The van der Waals surface area contributed by atoms with E-state index in [1.54, 1.807) is 24.5 Å². The molecule has 0 spiro atoms. The maximum absolute atomic E-state index is 9.35. The Morgan fingerprint density at radius 3 is 2.62 bits per heavy atom. The maximum atomic E-state index is 9.35. The molecule has 3 nitrogen and oxygen atoms in total. The molecule has 0 fully saturated rings. The standard InChI is InChI=1S/C13H14N2O/c14-13(11-4-6-15-7-5-11)9-10-2-1-3-12(16)8-10/h1-8,13,16H,9,14H2. The van der Waals surface area contributed by atoms with Crippen molar-refractivity contribution in [3.63, 3.8) is 0 Å². The van der Waals surface area contributed by atoms with Crippen molar-refractivity contribution in [2.75, 3.05) is 0 Å². The molecule has 0 bridgehead atoms. The number of pyridine rings is 1. The van der Waals surface area contributed by atoms with E-state index in [0.717, 1.165) is 11.1 Å². The Kier molecular flexibility index (Phi) is 3.17. The van der Waals surface area contributed by atoms with Crippen LogP contribution in [0.15, 0.2) is 48.8 Å². The molecule has 1 aromatic carbocycles. The minimum absolute atomic E-state index is 0.0650. The summed E-state index contributed by atoms with van der Waals surface area (Å²) in [6, 6.07) is 10.9. The molecule has 0 amide bonds. The van der Waals surface area contributed by atoms with Gasteiger partial charge in [-0.25, -0.2) is 0 Å². The van der Waals surface area contributed by atoms with Crippen molar-refractivity contribution in [1.29, 1.82) is 0 Å². The topological polar surface area (TPSA) is 59.1 Å². The Bertz CT molecular complexity index is 456. The monoisotopic (exact) mass is 214 g/mol. The van der Waals surface area contributed by atoms with Gasteiger partial charge in [0.15, 0.2) is 0 Å². The maximum Gasteiger partial charge on any atom is 0.115 e. The third kappa shape index (κ3) is 2.58. The highest BCUT2D eigenvalue weighted by molar-refractivity contribution is 5.29. The van der Waals surface area contributed by atoms with Crippen molar-refractivity contribution < 1.29 is 5.11 Å². The number of benzene rings is 1. The summed E-state index contributed by atoms with van der Waals surface area (Å²) < 4.78 is 0. The molecule has 3 heteroatoms. The van der Waals surface area contributed by atoms with E-state index in [4.69, 9.17) is 5.73 Å². The average Bonchev–Trinajstić information content (AvgIpc) is 2.30. The zero-order valence-electron chi connectivity index (χ0n) is 8.88. The van der Waals surface area contributed by atoms with E-state index in [1.165, 1.54) is 0 Å². The molecule has 0 aliphatic carbocycles. The highest BCUT2D eigenvalue weighted by atomic mass is 16.3. The Balaban J connectivity index is 2.11. The number of aromatic nitrogens is 1. The van der Waals surface area contributed by atoms with Crippen LogP contribution in [0.3, 0.4) is 0 Å². The Morgan fingerprint density at radius 1 is 1.19 bits per heavy atom. The minimum atomic E-state index is -0.0650. The van der Waals surface area contributed by atoms with Crippen LogP contribution in [0.25, 0.3) is 0 Å². The van der Waals surface area contributed by atoms with Gasteiger partial charge in [-0.3, -0.25) is 4.98 Å². The first-order valence-electron chi connectivity index (χ1n) is 5.19. The molecular weight excluding hydrogens is 200 g/mol. The third-order valence-electron chi connectivity index (χ3n) is 2.50. The van der Waals surface area contributed by atoms with E-state index in [9.17, 15) is 5.11 Å². The molecule has 1 heterocycles. The molecule has 82 valence electrons. The number of rotatable bonds is 3. The quantitative estimate of drug-likeness (QED) is 0.821. The zero-order chi connectivity index (χ0) is 11.4. The summed E-state index contributed by atoms with van der Waals surface area (Å²) in [5.74, 6) is 0.277. The van der Waals surface area contributed by atoms with Crippen molar-refractivity contribution >= 4 is 0 Å². The summed E-state index contributed by atoms with van der Waals surface area (Å²) in [6.07, 6.45) is 4.17. The lowest BCUT2D eigenvalue weighted by atomic mass is 10.0. The predicted octanol–water partition coefficient (Wildman–Crippen LogP) is 2.03. The molecule has 2 rings (SSSR count). The van der Waals surface area contributed by atoms with E-state index in [2.05, 4.69) is 4.98 Å². The molecule has 0 aliphatic heterocycles. The van der Waals surface area contributed by atoms with Crippen LogP contribution >= 0.6 is 0 Å². The van der Waals surface area contributed by atoms with E-state index in [1.807, 2.05) is 24.3 Å². The molecule has 1 aromatic heterocycles. The van der Waals surface area contributed by atoms with Gasteiger partial charge in [-0.05, 0) is 41.8 Å². The average molecular weight is 214 g/mol. The van der Waals surface area contributed by atoms with Gasteiger partial charge in [0.2, 0.25) is 0 Å². The van der Waals surface area contributed by atoms with Crippen LogP contribution in [-0.2, 0) is 6.42 Å². The number of aromatic hydroxyl groups is 1. The third-order valence-corrected chi connectivity index (χ3v) is 2.50. The second-order valence-electron chi connectivity index (χ2n) is 3.76. The molecule has 0 saturated heterocycles. The van der Waals surface area contributed by atoms with Gasteiger partial charge in [0.05, 0.1) is 0 Å². The Hall–Kier alpha value is -1.87. The van der Waals surface area contributed by atoms with Crippen LogP contribution in [0.2, 0.25) is 0 Å². The lowest BCUT2D eigenvalue weighted by Gasteiger charge is -2.11. The summed E-state index contributed by atoms with van der Waals surface area (Å²) in [4.78, 5) is 3.95. The van der Waals surface area contributed by atoms with Crippen molar-refractivity contribution in [2.45, 2.75) is 12.5 Å². The molecule has 3 N–H and O–H groups in total. The SMILES string of the molecule is NC(Cc1cccc(O)c1)c1ccncc1. The predicted molar refractivity (Wildman–Crippen MR) is 63.0 cm³/mol. The summed E-state index contributed by atoms with van der Waals surface area (Å²) >= 11 is 0. The fraction of sp³-hybridized carbons (Fsp3) is 0.154. The summed E-state index contributed by atoms with van der Waals surface area (Å²) in [5.41, 5.74) is 8.15. The first-order chi connectivity index (χ1) is 7.75. The van der Waals surface area contributed by atoms with Crippen molar-refractivity contribution in [3.8, 4) is 5.75 Å². The molecule has 0 radical (unpaired) electrons. The second-order valence-corrected chi connectivity index (χ2v) is 3.76. The van der Waals surface area contributed by atoms with Gasteiger partial charge in [-0.1, -0.05) is 12.1 Å². The van der Waals surface area contributed by atoms with E-state index >= 15 is 0 Å². The highest BCUT2D eigenvalue weighted by Gasteiger charge is 2.06. The Morgan fingerprint density at radius 2 is 1.94 bits per heavy atom. The molecule has 1 unspecified atom stereocenters. The second kappa shape index (κ2) is 4.77. The summed E-state index contributed by atoms with van der Waals surface area (Å²) in [5, 5.41) is 9.35. The van der Waals surface area contributed by atoms with Crippen LogP contribution in [0.4, 0.5) is 0 Å². The fourth-order valence-corrected chi connectivity index (χ4v) is 1.67. The first kappa shape index (κ1) is 10.6. The van der Waals surface area contributed by atoms with Crippen LogP contribution in [-0.4, -0.2) is 10.1 Å². The van der Waals surface area contributed by atoms with Crippen molar-refractivity contribution in [3.05, 3.63) is 59.9 Å². The minimum Gasteiger partial charge on any atom is -0.508 e. The number of nitrogens with zero attached hydrogens (tertiary/aromatic N) is 1. The van der Waals surface area contributed by atoms with Crippen LogP contribution in [0.5, 0.6) is 5.75 Å². The molecule has 16 heavy (non-hydrogen) atoms. The molecule has 2 aromatic rings. The van der Waals surface area contributed by atoms with Crippen molar-refractivity contribution in [2.24, 2.45) is 5.73 Å².